The Morgan fingerprint density at radius 1 is 1.64 bits per heavy atom. The van der Waals surface area contributed by atoms with E-state index in [1.54, 1.807) is 6.07 Å². The standard InChI is InChI=1S/C16H19ClFN3O/c1-2-20-16(22)11-5-4-8-21(10-11)14(9-19)15-12(17)6-3-7-13(15)18/h3,6-7,11,14H,2,4-5,8,10H2,1H3,(H,20,22)/t11-,14-/m0/s1. The van der Waals surface area contributed by atoms with Gasteiger partial charge < -0.3 is 5.32 Å². The van der Waals surface area contributed by atoms with Crippen LogP contribution in [0, 0.1) is 23.1 Å². The fourth-order valence-corrected chi connectivity index (χ4v) is 3.14. The molecule has 2 rings (SSSR count). The summed E-state index contributed by atoms with van der Waals surface area (Å²) in [6.07, 6.45) is 1.58. The first kappa shape index (κ1) is 16.7. The first-order valence-electron chi connectivity index (χ1n) is 7.43. The molecule has 1 N–H and O–H groups in total. The molecule has 0 radical (unpaired) electrons. The molecule has 0 unspecified atom stereocenters. The number of benzene rings is 1. The smallest absolute Gasteiger partial charge is 0.224 e. The maximum atomic E-state index is 14.1. The van der Waals surface area contributed by atoms with Crippen molar-refractivity contribution in [3.63, 3.8) is 0 Å². The molecule has 1 fully saturated rings. The molecule has 0 aromatic heterocycles. The molecular weight excluding hydrogens is 305 g/mol. The molecule has 1 saturated heterocycles. The normalized spacial score (nSPS) is 20.2. The first-order chi connectivity index (χ1) is 10.6. The summed E-state index contributed by atoms with van der Waals surface area (Å²) >= 11 is 6.07. The minimum absolute atomic E-state index is 0.0106. The highest BCUT2D eigenvalue weighted by Gasteiger charge is 2.32. The van der Waals surface area contributed by atoms with Crippen molar-refractivity contribution in [2.75, 3.05) is 19.6 Å². The van der Waals surface area contributed by atoms with E-state index < -0.39 is 11.9 Å². The van der Waals surface area contributed by atoms with E-state index in [1.807, 2.05) is 11.8 Å². The zero-order valence-corrected chi connectivity index (χ0v) is 13.2. The average molecular weight is 324 g/mol. The van der Waals surface area contributed by atoms with Crippen LogP contribution in [-0.2, 0) is 4.79 Å². The number of halogens is 2. The van der Waals surface area contributed by atoms with Gasteiger partial charge in [0.05, 0.1) is 12.0 Å². The summed E-state index contributed by atoms with van der Waals surface area (Å²) in [5, 5.41) is 12.5. The van der Waals surface area contributed by atoms with Crippen molar-refractivity contribution in [2.24, 2.45) is 5.92 Å². The van der Waals surface area contributed by atoms with Crippen LogP contribution < -0.4 is 5.32 Å². The summed E-state index contributed by atoms with van der Waals surface area (Å²) in [4.78, 5) is 13.8. The Balaban J connectivity index is 2.21. The van der Waals surface area contributed by atoms with Crippen molar-refractivity contribution in [3.8, 4) is 6.07 Å². The second-order valence-corrected chi connectivity index (χ2v) is 5.80. The van der Waals surface area contributed by atoms with Gasteiger partial charge in [0.25, 0.3) is 0 Å². The minimum Gasteiger partial charge on any atom is -0.356 e. The second-order valence-electron chi connectivity index (χ2n) is 5.40. The van der Waals surface area contributed by atoms with Crippen LogP contribution in [0.5, 0.6) is 0 Å². The van der Waals surface area contributed by atoms with Crippen molar-refractivity contribution in [1.82, 2.24) is 10.2 Å². The van der Waals surface area contributed by atoms with Gasteiger partial charge in [-0.15, -0.1) is 0 Å². The van der Waals surface area contributed by atoms with Gasteiger partial charge in [-0.1, -0.05) is 17.7 Å². The van der Waals surface area contributed by atoms with Crippen LogP contribution in [0.2, 0.25) is 5.02 Å². The van der Waals surface area contributed by atoms with Gasteiger partial charge in [0.2, 0.25) is 5.91 Å². The maximum Gasteiger partial charge on any atom is 0.224 e. The van der Waals surface area contributed by atoms with Crippen LogP contribution in [0.4, 0.5) is 4.39 Å². The maximum absolute atomic E-state index is 14.1. The summed E-state index contributed by atoms with van der Waals surface area (Å²) in [6, 6.07) is 5.76. The Kier molecular flexibility index (Phi) is 5.76. The van der Waals surface area contributed by atoms with Crippen LogP contribution in [0.3, 0.4) is 0 Å². The average Bonchev–Trinajstić information content (AvgIpc) is 2.51. The van der Waals surface area contributed by atoms with E-state index in [0.29, 0.717) is 19.6 Å². The zero-order valence-electron chi connectivity index (χ0n) is 12.5. The highest BCUT2D eigenvalue weighted by atomic mass is 35.5. The van der Waals surface area contributed by atoms with E-state index in [4.69, 9.17) is 11.6 Å². The molecule has 1 aromatic rings. The highest BCUT2D eigenvalue weighted by Crippen LogP contribution is 2.32. The predicted octanol–water partition coefficient (Wildman–Crippen LogP) is 2.89. The van der Waals surface area contributed by atoms with Gasteiger partial charge in [-0.3, -0.25) is 9.69 Å². The Labute approximate surface area is 134 Å². The number of likely N-dealkylation sites (tertiary alicyclic amines) is 1. The Morgan fingerprint density at radius 3 is 3.05 bits per heavy atom. The molecule has 1 aromatic carbocycles. The van der Waals surface area contributed by atoms with E-state index in [2.05, 4.69) is 11.4 Å². The Morgan fingerprint density at radius 2 is 2.41 bits per heavy atom. The number of carbonyl (C=O) groups excluding carboxylic acids is 1. The third kappa shape index (κ3) is 3.57. The van der Waals surface area contributed by atoms with Gasteiger partial charge in [-0.2, -0.15) is 5.26 Å². The van der Waals surface area contributed by atoms with Gasteiger partial charge in [-0.25, -0.2) is 4.39 Å². The van der Waals surface area contributed by atoms with E-state index >= 15 is 0 Å². The number of hydrogen-bond acceptors (Lipinski definition) is 3. The highest BCUT2D eigenvalue weighted by molar-refractivity contribution is 6.31. The predicted molar refractivity (Wildman–Crippen MR) is 82.7 cm³/mol. The summed E-state index contributed by atoms with van der Waals surface area (Å²) in [5.74, 6) is -0.669. The molecule has 22 heavy (non-hydrogen) atoms. The SMILES string of the molecule is CCNC(=O)[C@H]1CCCN([C@@H](C#N)c2c(F)cccc2Cl)C1. The van der Waals surface area contributed by atoms with Gasteiger partial charge in [0, 0.05) is 23.7 Å². The molecule has 6 heteroatoms. The van der Waals surface area contributed by atoms with E-state index in [0.717, 1.165) is 12.8 Å². The minimum atomic E-state index is -0.772. The van der Waals surface area contributed by atoms with Crippen molar-refractivity contribution < 1.29 is 9.18 Å². The molecule has 1 heterocycles. The van der Waals surface area contributed by atoms with Gasteiger partial charge in [-0.05, 0) is 38.4 Å². The van der Waals surface area contributed by atoms with Gasteiger partial charge >= 0.3 is 0 Å². The molecule has 0 saturated carbocycles. The van der Waals surface area contributed by atoms with Crippen molar-refractivity contribution in [2.45, 2.75) is 25.8 Å². The molecule has 118 valence electrons. The lowest BCUT2D eigenvalue weighted by molar-refractivity contribution is -0.126. The van der Waals surface area contributed by atoms with Gasteiger partial charge in [0.15, 0.2) is 0 Å². The third-order valence-electron chi connectivity index (χ3n) is 3.94. The van der Waals surface area contributed by atoms with Crippen molar-refractivity contribution >= 4 is 17.5 Å². The number of rotatable bonds is 4. The Hall–Kier alpha value is -1.64. The monoisotopic (exact) mass is 323 g/mol. The van der Waals surface area contributed by atoms with Crippen LogP contribution in [-0.4, -0.2) is 30.4 Å². The second kappa shape index (κ2) is 7.57. The van der Waals surface area contributed by atoms with Crippen LogP contribution in [0.25, 0.3) is 0 Å². The molecule has 1 aliphatic heterocycles. The number of nitrogens with one attached hydrogen (secondary N) is 1. The van der Waals surface area contributed by atoms with E-state index in [9.17, 15) is 14.4 Å². The number of piperidine rings is 1. The van der Waals surface area contributed by atoms with E-state index in [1.165, 1.54) is 12.1 Å². The largest absolute Gasteiger partial charge is 0.356 e. The lowest BCUT2D eigenvalue weighted by Crippen LogP contribution is -2.44. The molecular formula is C16H19ClFN3O. The quantitative estimate of drug-likeness (QED) is 0.927. The zero-order chi connectivity index (χ0) is 16.1. The molecule has 1 amide bonds. The molecule has 2 atom stereocenters. The van der Waals surface area contributed by atoms with Crippen molar-refractivity contribution in [1.29, 1.82) is 5.26 Å². The van der Waals surface area contributed by atoms with E-state index in [-0.39, 0.29) is 22.4 Å². The fraction of sp³-hybridized carbons (Fsp3) is 0.500. The summed E-state index contributed by atoms with van der Waals surface area (Å²) in [6.45, 7) is 3.54. The van der Waals surface area contributed by atoms with Crippen LogP contribution in [0.1, 0.15) is 31.4 Å². The number of nitriles is 1. The van der Waals surface area contributed by atoms with Crippen molar-refractivity contribution in [3.05, 3.63) is 34.6 Å². The fourth-order valence-electron chi connectivity index (χ4n) is 2.87. The first-order valence-corrected chi connectivity index (χ1v) is 7.81. The van der Waals surface area contributed by atoms with Crippen LogP contribution in [0.15, 0.2) is 18.2 Å². The number of amides is 1. The van der Waals surface area contributed by atoms with Gasteiger partial charge in [0.1, 0.15) is 11.9 Å². The lowest BCUT2D eigenvalue weighted by atomic mass is 9.94. The summed E-state index contributed by atoms with van der Waals surface area (Å²) in [7, 11) is 0. The molecule has 4 nitrogen and oxygen atoms in total. The molecule has 1 aliphatic rings. The molecule has 0 bridgehead atoms. The summed E-state index contributed by atoms with van der Waals surface area (Å²) < 4.78 is 14.1. The molecule has 0 aliphatic carbocycles. The Bertz CT molecular complexity index is 567. The van der Waals surface area contributed by atoms with Crippen LogP contribution >= 0.6 is 11.6 Å². The number of carbonyl (C=O) groups is 1. The third-order valence-corrected chi connectivity index (χ3v) is 4.26. The summed E-state index contributed by atoms with van der Waals surface area (Å²) in [5.41, 5.74) is 0.197. The number of hydrogen-bond donors (Lipinski definition) is 1. The molecule has 0 spiro atoms. The topological polar surface area (TPSA) is 56.1 Å². The number of nitrogens with zero attached hydrogens (tertiary/aromatic N) is 2. The lowest BCUT2D eigenvalue weighted by Gasteiger charge is -2.35.